The van der Waals surface area contributed by atoms with Crippen molar-refractivity contribution in [3.8, 4) is 0 Å². The summed E-state index contributed by atoms with van der Waals surface area (Å²) in [5.74, 6) is -2.71. The van der Waals surface area contributed by atoms with Gasteiger partial charge in [-0.25, -0.2) is 0 Å². The van der Waals surface area contributed by atoms with Gasteiger partial charge < -0.3 is 29.7 Å². The molecule has 0 atom stereocenters. The van der Waals surface area contributed by atoms with Crippen molar-refractivity contribution in [3.05, 3.63) is 0 Å². The van der Waals surface area contributed by atoms with Crippen LogP contribution >= 0.6 is 0 Å². The molecular weight excluding hydrogens is 845 g/mol. The molecule has 8 heteroatoms. The predicted octanol–water partition coefficient (Wildman–Crippen LogP) is 15.0. The third-order valence-corrected chi connectivity index (χ3v) is 12.0. The molecule has 0 aliphatic carbocycles. The maximum Gasteiger partial charge on any atom is 2.00 e. The first-order valence-electron chi connectivity index (χ1n) is 26.9. The van der Waals surface area contributed by atoms with Gasteiger partial charge in [-0.1, -0.05) is 290 Å². The van der Waals surface area contributed by atoms with Gasteiger partial charge in [0, 0.05) is 17.9 Å². The summed E-state index contributed by atoms with van der Waals surface area (Å²) in [6, 6.07) is 0. The summed E-state index contributed by atoms with van der Waals surface area (Å²) in [6.07, 6.45) is 59.6. The van der Waals surface area contributed by atoms with E-state index in [1.165, 1.54) is 250 Å². The van der Waals surface area contributed by atoms with Crippen molar-refractivity contribution in [3.63, 3.8) is 0 Å². The molecule has 0 unspecified atom stereocenters. The van der Waals surface area contributed by atoms with E-state index in [-0.39, 0.29) is 51.1 Å². The molecule has 0 rings (SSSR count). The number of hydrogen-bond donors (Lipinski definition) is 0. The molecule has 62 heavy (non-hydrogen) atoms. The van der Waals surface area contributed by atoms with E-state index in [1.54, 1.807) is 0 Å². The average molecular weight is 951 g/mol. The van der Waals surface area contributed by atoms with E-state index in [0.717, 1.165) is 38.5 Å². The second-order valence-electron chi connectivity index (χ2n) is 18.2. The van der Waals surface area contributed by atoms with E-state index in [9.17, 15) is 29.7 Å². The molecule has 0 aliphatic heterocycles. The molecule has 0 amide bonds. The Balaban J connectivity index is -0.000000258. The van der Waals surface area contributed by atoms with Crippen molar-refractivity contribution in [2.75, 3.05) is 0 Å². The summed E-state index contributed by atoms with van der Waals surface area (Å²) in [6.45, 7) is 6.80. The van der Waals surface area contributed by atoms with Crippen LogP contribution in [0.2, 0.25) is 0 Å². The molecule has 0 fully saturated rings. The second kappa shape index (κ2) is 66.9. The first-order valence-corrected chi connectivity index (χ1v) is 26.9. The van der Waals surface area contributed by atoms with Crippen LogP contribution in [0, 0.1) is 12.4 Å². The summed E-state index contributed by atoms with van der Waals surface area (Å²) >= 11 is 0. The van der Waals surface area contributed by atoms with Gasteiger partial charge in [0.15, 0.2) is 0 Å². The topological polar surface area (TPSA) is 120 Å². The van der Waals surface area contributed by atoms with Crippen molar-refractivity contribution in [2.24, 2.45) is 0 Å². The van der Waals surface area contributed by atoms with Gasteiger partial charge in [0.2, 0.25) is 0 Å². The van der Waals surface area contributed by atoms with Gasteiger partial charge in [-0.2, -0.15) is 0 Å². The van der Waals surface area contributed by atoms with Gasteiger partial charge in [-0.15, -0.1) is 0 Å². The van der Waals surface area contributed by atoms with E-state index >= 15 is 0 Å². The van der Waals surface area contributed by atoms with Crippen LogP contribution in [0.15, 0.2) is 0 Å². The normalized spacial score (nSPS) is 10.5. The Morgan fingerprint density at radius 3 is 0.419 bits per heavy atom. The van der Waals surface area contributed by atoms with Crippen LogP contribution in [0.5, 0.6) is 0 Å². The van der Waals surface area contributed by atoms with Crippen LogP contribution in [0.25, 0.3) is 0 Å². The summed E-state index contributed by atoms with van der Waals surface area (Å²) in [5.41, 5.74) is 0. The Hall–Kier alpha value is -0.677. The van der Waals surface area contributed by atoms with Gasteiger partial charge in [-0.3, -0.25) is 0 Å². The fourth-order valence-electron chi connectivity index (χ4n) is 7.92. The quantitative estimate of drug-likeness (QED) is 0.0442. The Morgan fingerprint density at radius 1 is 0.226 bits per heavy atom. The molecule has 366 valence electrons. The molecule has 0 aromatic rings. The molecule has 0 aromatic heterocycles. The first-order chi connectivity index (χ1) is 29.3. The standard InChI is InChI=1S/3C18H36O2.Cl.Zn/c3*1-2-3-4-5-6-7-8-9-10-11-12-13-14-15-16-17-18(19)20;;/h3*2-17H2,1H3,(H,19,20);;/q;;;+1;+2/p-3. The minimum Gasteiger partial charge on any atom is -0.550 e. The summed E-state index contributed by atoms with van der Waals surface area (Å²) < 4.78 is 0. The third kappa shape index (κ3) is 79.7. The third-order valence-electron chi connectivity index (χ3n) is 12.0. The summed E-state index contributed by atoms with van der Waals surface area (Å²) in [4.78, 5) is 30.7. The minimum absolute atomic E-state index is 0. The molecule has 0 saturated carbocycles. The summed E-state index contributed by atoms with van der Waals surface area (Å²) in [7, 11) is 0. The van der Waals surface area contributed by atoms with Crippen LogP contribution in [0.4, 0.5) is 0 Å². The largest absolute Gasteiger partial charge is 2.00 e. The number of unbranched alkanes of at least 4 members (excludes halogenated alkanes) is 42. The van der Waals surface area contributed by atoms with Crippen molar-refractivity contribution >= 4 is 17.9 Å². The van der Waals surface area contributed by atoms with Crippen LogP contribution in [-0.4, -0.2) is 17.9 Å². The number of carbonyl (C=O) groups is 3. The molecule has 0 aliphatic rings. The number of halogens is 1. The zero-order valence-electron chi connectivity index (χ0n) is 42.0. The maximum absolute atomic E-state index is 10.2. The monoisotopic (exact) mass is 949 g/mol. The molecule has 0 bridgehead atoms. The van der Waals surface area contributed by atoms with Crippen LogP contribution in [-0.2, 0) is 33.9 Å². The molecule has 0 N–H and O–H groups in total. The second-order valence-corrected chi connectivity index (χ2v) is 18.2. The first kappa shape index (κ1) is 70.3. The van der Waals surface area contributed by atoms with Gasteiger partial charge in [0.05, 0.1) is 0 Å². The van der Waals surface area contributed by atoms with Gasteiger partial charge >= 0.3 is 31.9 Å². The SMILES string of the molecule is CCCCCCCCCCCCCCCCCC(=O)[O-].CCCCCCCCCCCCCCCCCC(=O)[O-].CCCCCCCCCCCCCCCCCC(=O)[O-].[Cl+].[Zn+2]. The van der Waals surface area contributed by atoms with Crippen LogP contribution < -0.4 is 15.3 Å². The Morgan fingerprint density at radius 2 is 0.323 bits per heavy atom. The van der Waals surface area contributed by atoms with Crippen LogP contribution in [0.3, 0.4) is 0 Å². The molecule has 6 nitrogen and oxygen atoms in total. The van der Waals surface area contributed by atoms with Crippen molar-refractivity contribution in [1.29, 1.82) is 0 Å². The summed E-state index contributed by atoms with van der Waals surface area (Å²) in [5, 5.41) is 30.7. The Labute approximate surface area is 406 Å². The minimum atomic E-state index is -0.903. The van der Waals surface area contributed by atoms with E-state index in [0.29, 0.717) is 0 Å². The zero-order valence-corrected chi connectivity index (χ0v) is 45.7. The molecule has 2 radical (unpaired) electrons. The molecule has 0 heterocycles. The van der Waals surface area contributed by atoms with Crippen molar-refractivity contribution in [2.45, 2.75) is 329 Å². The Kier molecular flexibility index (Phi) is 75.9. The van der Waals surface area contributed by atoms with Crippen molar-refractivity contribution in [1.82, 2.24) is 0 Å². The van der Waals surface area contributed by atoms with Gasteiger partial charge in [0.25, 0.3) is 0 Å². The maximum atomic E-state index is 10.2. The number of carboxylic acids is 3. The number of aliphatic carboxylic acids is 3. The van der Waals surface area contributed by atoms with E-state index in [2.05, 4.69) is 20.8 Å². The zero-order chi connectivity index (χ0) is 44.7. The fraction of sp³-hybridized carbons (Fsp3) is 0.944. The fourth-order valence-corrected chi connectivity index (χ4v) is 7.92. The smallest absolute Gasteiger partial charge is 0.550 e. The molecule has 0 aromatic carbocycles. The van der Waals surface area contributed by atoms with E-state index in [4.69, 9.17) is 0 Å². The predicted molar refractivity (Wildman–Crippen MR) is 254 cm³/mol. The molecule has 0 spiro atoms. The average Bonchev–Trinajstić information content (AvgIpc) is 3.22. The van der Waals surface area contributed by atoms with E-state index < -0.39 is 17.9 Å². The van der Waals surface area contributed by atoms with Crippen LogP contribution in [0.1, 0.15) is 329 Å². The number of carbonyl (C=O) groups excluding carboxylic acids is 3. The van der Waals surface area contributed by atoms with Crippen molar-refractivity contribution < 1.29 is 61.6 Å². The molecular formula is C54H105ClO6Zn. The van der Waals surface area contributed by atoms with E-state index in [1.807, 2.05) is 0 Å². The van der Waals surface area contributed by atoms with Gasteiger partial charge in [0.1, 0.15) is 0 Å². The van der Waals surface area contributed by atoms with Gasteiger partial charge in [-0.05, 0) is 38.5 Å². The number of hydrogen-bond acceptors (Lipinski definition) is 6. The number of carboxylic acid groups (broad SMARTS) is 3. The molecule has 0 saturated heterocycles. The Bertz CT molecular complexity index is 724. The number of rotatable bonds is 48.